The molecule has 0 saturated heterocycles. The van der Waals surface area contributed by atoms with Crippen LogP contribution in [-0.4, -0.2) is 6.26 Å². The SMILES string of the molecule is CSc1cccc(Oc2c(C)cc(Br)cc2N)c1C#N. The minimum atomic E-state index is 0.525. The summed E-state index contributed by atoms with van der Waals surface area (Å²) in [6.07, 6.45) is 1.93. The van der Waals surface area contributed by atoms with Crippen molar-refractivity contribution in [2.45, 2.75) is 11.8 Å². The molecule has 2 rings (SSSR count). The van der Waals surface area contributed by atoms with Gasteiger partial charge in [-0.1, -0.05) is 22.0 Å². The maximum absolute atomic E-state index is 9.31. The van der Waals surface area contributed by atoms with Crippen LogP contribution in [0.1, 0.15) is 11.1 Å². The van der Waals surface area contributed by atoms with E-state index >= 15 is 0 Å². The molecule has 0 unspecified atom stereocenters. The van der Waals surface area contributed by atoms with Crippen molar-refractivity contribution in [1.82, 2.24) is 0 Å². The number of hydrogen-bond donors (Lipinski definition) is 1. The normalized spacial score (nSPS) is 10.1. The Morgan fingerprint density at radius 3 is 2.70 bits per heavy atom. The number of nitrogen functional groups attached to an aromatic ring is 1. The number of anilines is 1. The van der Waals surface area contributed by atoms with Gasteiger partial charge in [-0.3, -0.25) is 0 Å². The lowest BCUT2D eigenvalue weighted by Gasteiger charge is -2.14. The molecule has 0 aromatic heterocycles. The first-order valence-electron chi connectivity index (χ1n) is 5.87. The summed E-state index contributed by atoms with van der Waals surface area (Å²) in [6.45, 7) is 1.92. The van der Waals surface area contributed by atoms with Crippen LogP contribution in [0.4, 0.5) is 5.69 Å². The lowest BCUT2D eigenvalue weighted by molar-refractivity contribution is 0.478. The lowest BCUT2D eigenvalue weighted by Crippen LogP contribution is -1.97. The molecule has 5 heteroatoms. The van der Waals surface area contributed by atoms with Gasteiger partial charge in [0.15, 0.2) is 5.75 Å². The predicted molar refractivity (Wildman–Crippen MR) is 86.3 cm³/mol. The summed E-state index contributed by atoms with van der Waals surface area (Å²) < 4.78 is 6.78. The van der Waals surface area contributed by atoms with E-state index in [9.17, 15) is 5.26 Å². The molecular formula is C15H13BrN2OS. The van der Waals surface area contributed by atoms with E-state index < -0.39 is 0 Å². The fourth-order valence-electron chi connectivity index (χ4n) is 1.88. The van der Waals surface area contributed by atoms with Crippen molar-refractivity contribution in [3.63, 3.8) is 0 Å². The monoisotopic (exact) mass is 348 g/mol. The summed E-state index contributed by atoms with van der Waals surface area (Å²) in [7, 11) is 0. The van der Waals surface area contributed by atoms with Gasteiger partial charge >= 0.3 is 0 Å². The maximum atomic E-state index is 9.31. The zero-order valence-electron chi connectivity index (χ0n) is 11.1. The van der Waals surface area contributed by atoms with Crippen molar-refractivity contribution in [1.29, 1.82) is 5.26 Å². The van der Waals surface area contributed by atoms with Crippen LogP contribution in [0.15, 0.2) is 39.7 Å². The predicted octanol–water partition coefficient (Wildman–Crippen LogP) is 4.73. The number of hydrogen-bond acceptors (Lipinski definition) is 4. The van der Waals surface area contributed by atoms with Crippen molar-refractivity contribution >= 4 is 33.4 Å². The molecule has 3 nitrogen and oxygen atoms in total. The first-order valence-corrected chi connectivity index (χ1v) is 7.89. The number of nitrogens with zero attached hydrogens (tertiary/aromatic N) is 1. The Morgan fingerprint density at radius 1 is 1.35 bits per heavy atom. The van der Waals surface area contributed by atoms with E-state index in [2.05, 4.69) is 22.0 Å². The standard InChI is InChI=1S/C15H13BrN2OS/c1-9-6-10(16)7-12(18)15(9)19-13-4-3-5-14(20-2)11(13)8-17/h3-7H,18H2,1-2H3. The molecule has 0 aliphatic rings. The fraction of sp³-hybridized carbons (Fsp3) is 0.133. The molecule has 0 heterocycles. The molecule has 0 atom stereocenters. The van der Waals surface area contributed by atoms with E-state index in [4.69, 9.17) is 10.5 Å². The first kappa shape index (κ1) is 14.8. The van der Waals surface area contributed by atoms with Crippen molar-refractivity contribution in [2.75, 3.05) is 12.0 Å². The Kier molecular flexibility index (Phi) is 4.58. The molecule has 0 spiro atoms. The Hall–Kier alpha value is -1.64. The van der Waals surface area contributed by atoms with Crippen molar-refractivity contribution in [2.24, 2.45) is 0 Å². The average molecular weight is 349 g/mol. The van der Waals surface area contributed by atoms with Crippen molar-refractivity contribution in [3.8, 4) is 17.6 Å². The molecular weight excluding hydrogens is 336 g/mol. The summed E-state index contributed by atoms with van der Waals surface area (Å²) >= 11 is 4.91. The minimum Gasteiger partial charge on any atom is -0.453 e. The summed E-state index contributed by atoms with van der Waals surface area (Å²) in [4.78, 5) is 0.887. The summed E-state index contributed by atoms with van der Waals surface area (Å²) in [6, 6.07) is 11.4. The molecule has 2 aromatic carbocycles. The Morgan fingerprint density at radius 2 is 2.10 bits per heavy atom. The zero-order chi connectivity index (χ0) is 14.7. The highest BCUT2D eigenvalue weighted by molar-refractivity contribution is 9.10. The summed E-state index contributed by atoms with van der Waals surface area (Å²) in [5.41, 5.74) is 7.97. The van der Waals surface area contributed by atoms with Crippen LogP contribution >= 0.6 is 27.7 Å². The highest BCUT2D eigenvalue weighted by Crippen LogP contribution is 2.37. The third kappa shape index (κ3) is 2.92. The van der Waals surface area contributed by atoms with Gasteiger partial charge in [0.2, 0.25) is 0 Å². The minimum absolute atomic E-state index is 0.525. The summed E-state index contributed by atoms with van der Waals surface area (Å²) in [5, 5.41) is 9.31. The van der Waals surface area contributed by atoms with Gasteiger partial charge in [0.25, 0.3) is 0 Å². The number of ether oxygens (including phenoxy) is 1. The lowest BCUT2D eigenvalue weighted by atomic mass is 10.2. The second kappa shape index (κ2) is 6.21. The molecule has 2 aromatic rings. The second-order valence-electron chi connectivity index (χ2n) is 4.19. The molecule has 0 radical (unpaired) electrons. The van der Waals surface area contributed by atoms with Gasteiger partial charge in [0, 0.05) is 9.37 Å². The van der Waals surface area contributed by atoms with E-state index in [0.29, 0.717) is 22.7 Å². The molecule has 0 bridgehead atoms. The van der Waals surface area contributed by atoms with Crippen molar-refractivity contribution in [3.05, 3.63) is 45.9 Å². The molecule has 0 aliphatic carbocycles. The molecule has 2 N–H and O–H groups in total. The second-order valence-corrected chi connectivity index (χ2v) is 5.95. The smallest absolute Gasteiger partial charge is 0.153 e. The van der Waals surface area contributed by atoms with Crippen LogP contribution in [0, 0.1) is 18.3 Å². The number of benzene rings is 2. The number of thioether (sulfide) groups is 1. The number of nitriles is 1. The molecule has 0 saturated carbocycles. The number of rotatable bonds is 3. The van der Waals surface area contributed by atoms with Crippen LogP contribution in [0.3, 0.4) is 0 Å². The van der Waals surface area contributed by atoms with Crippen LogP contribution in [0.2, 0.25) is 0 Å². The quantitative estimate of drug-likeness (QED) is 0.643. The third-order valence-corrected chi connectivity index (χ3v) is 4.04. The van der Waals surface area contributed by atoms with E-state index in [1.165, 1.54) is 11.8 Å². The van der Waals surface area contributed by atoms with Crippen molar-refractivity contribution < 1.29 is 4.74 Å². The third-order valence-electron chi connectivity index (χ3n) is 2.80. The Balaban J connectivity index is 2.49. The van der Waals surface area contributed by atoms with E-state index in [0.717, 1.165) is 14.9 Å². The summed E-state index contributed by atoms with van der Waals surface area (Å²) in [5.74, 6) is 1.11. The molecule has 102 valence electrons. The first-order chi connectivity index (χ1) is 9.56. The topological polar surface area (TPSA) is 59.0 Å². The van der Waals surface area contributed by atoms with Crippen LogP contribution in [0.5, 0.6) is 11.5 Å². The van der Waals surface area contributed by atoms with Gasteiger partial charge in [0.05, 0.1) is 5.69 Å². The largest absolute Gasteiger partial charge is 0.453 e. The number of aryl methyl sites for hydroxylation is 1. The highest BCUT2D eigenvalue weighted by Gasteiger charge is 2.13. The average Bonchev–Trinajstić information content (AvgIpc) is 2.42. The number of halogens is 1. The molecule has 0 aliphatic heterocycles. The molecule has 0 fully saturated rings. The van der Waals surface area contributed by atoms with Gasteiger partial charge in [0.1, 0.15) is 17.4 Å². The van der Waals surface area contributed by atoms with Crippen LogP contribution < -0.4 is 10.5 Å². The number of nitrogens with two attached hydrogens (primary N) is 1. The molecule has 0 amide bonds. The van der Waals surface area contributed by atoms with Gasteiger partial charge in [-0.05, 0) is 43.0 Å². The highest BCUT2D eigenvalue weighted by atomic mass is 79.9. The maximum Gasteiger partial charge on any atom is 0.153 e. The molecule has 20 heavy (non-hydrogen) atoms. The van der Waals surface area contributed by atoms with E-state index in [-0.39, 0.29) is 0 Å². The van der Waals surface area contributed by atoms with E-state index in [1.54, 1.807) is 12.1 Å². The van der Waals surface area contributed by atoms with Gasteiger partial charge < -0.3 is 10.5 Å². The van der Waals surface area contributed by atoms with E-state index in [1.807, 2.05) is 31.4 Å². The van der Waals surface area contributed by atoms with Gasteiger partial charge in [-0.25, -0.2) is 0 Å². The van der Waals surface area contributed by atoms with Crippen LogP contribution in [-0.2, 0) is 0 Å². The van der Waals surface area contributed by atoms with Crippen LogP contribution in [0.25, 0.3) is 0 Å². The van der Waals surface area contributed by atoms with Gasteiger partial charge in [-0.15, -0.1) is 11.8 Å². The fourth-order valence-corrected chi connectivity index (χ4v) is 3.04. The zero-order valence-corrected chi connectivity index (χ0v) is 13.5. The van der Waals surface area contributed by atoms with Gasteiger partial charge in [-0.2, -0.15) is 5.26 Å². The Labute approximate surface area is 130 Å². The Bertz CT molecular complexity index is 672.